The summed E-state index contributed by atoms with van der Waals surface area (Å²) in [5.41, 5.74) is 1.97. The van der Waals surface area contributed by atoms with E-state index < -0.39 is 0 Å². The molecule has 2 amide bonds. The molecule has 0 spiro atoms. The van der Waals surface area contributed by atoms with Crippen LogP contribution in [0.1, 0.15) is 31.0 Å². The summed E-state index contributed by atoms with van der Waals surface area (Å²) in [5, 5.41) is 5.59. The molecule has 0 radical (unpaired) electrons. The number of rotatable bonds is 7. The molecule has 0 saturated carbocycles. The lowest BCUT2D eigenvalue weighted by Crippen LogP contribution is -2.36. The maximum atomic E-state index is 11.6. The molecule has 2 aromatic rings. The molecule has 0 bridgehead atoms. The zero-order valence-corrected chi connectivity index (χ0v) is 14.2. The van der Waals surface area contributed by atoms with Gasteiger partial charge in [-0.3, -0.25) is 4.98 Å². The van der Waals surface area contributed by atoms with Gasteiger partial charge in [0.15, 0.2) is 11.5 Å². The summed E-state index contributed by atoms with van der Waals surface area (Å²) in [6.45, 7) is 4.82. The standard InChI is InChI=1S/C18H23N3O3/c1-4-20-18(22)21-13(2)15-5-6-16(17(11-15)23-3)24-12-14-7-9-19-10-8-14/h5-11,13H,4,12H2,1-3H3,(H2,20,21,22). The Bertz CT molecular complexity index is 662. The molecule has 24 heavy (non-hydrogen) atoms. The minimum Gasteiger partial charge on any atom is -0.493 e. The average molecular weight is 329 g/mol. The van der Waals surface area contributed by atoms with Crippen molar-refractivity contribution in [2.24, 2.45) is 0 Å². The van der Waals surface area contributed by atoms with Crippen molar-refractivity contribution in [3.63, 3.8) is 0 Å². The van der Waals surface area contributed by atoms with E-state index in [1.54, 1.807) is 19.5 Å². The number of hydrogen-bond acceptors (Lipinski definition) is 4. The molecule has 0 aliphatic heterocycles. The predicted octanol–water partition coefficient (Wildman–Crippen LogP) is 3.05. The third-order valence-corrected chi connectivity index (χ3v) is 3.52. The molecule has 0 saturated heterocycles. The molecule has 128 valence electrons. The van der Waals surface area contributed by atoms with Crippen molar-refractivity contribution in [2.75, 3.05) is 13.7 Å². The van der Waals surface area contributed by atoms with Crippen LogP contribution in [0.3, 0.4) is 0 Å². The largest absolute Gasteiger partial charge is 0.493 e. The lowest BCUT2D eigenvalue weighted by molar-refractivity contribution is 0.238. The summed E-state index contributed by atoms with van der Waals surface area (Å²) in [5.74, 6) is 1.29. The highest BCUT2D eigenvalue weighted by Crippen LogP contribution is 2.30. The molecule has 6 heteroatoms. The van der Waals surface area contributed by atoms with Crippen LogP contribution >= 0.6 is 0 Å². The van der Waals surface area contributed by atoms with Crippen LogP contribution in [0, 0.1) is 0 Å². The van der Waals surface area contributed by atoms with Crippen LogP contribution in [0.25, 0.3) is 0 Å². The molecule has 0 fully saturated rings. The number of carbonyl (C=O) groups excluding carboxylic acids is 1. The number of urea groups is 1. The molecule has 0 aliphatic carbocycles. The van der Waals surface area contributed by atoms with Gasteiger partial charge < -0.3 is 20.1 Å². The third-order valence-electron chi connectivity index (χ3n) is 3.52. The first-order valence-corrected chi connectivity index (χ1v) is 7.88. The molecule has 1 atom stereocenters. The van der Waals surface area contributed by atoms with E-state index in [0.29, 0.717) is 24.7 Å². The molecule has 1 unspecified atom stereocenters. The van der Waals surface area contributed by atoms with Crippen LogP contribution in [0.2, 0.25) is 0 Å². The van der Waals surface area contributed by atoms with Gasteiger partial charge in [0.2, 0.25) is 0 Å². The van der Waals surface area contributed by atoms with Crippen LogP contribution in [0.15, 0.2) is 42.7 Å². The summed E-state index contributed by atoms with van der Waals surface area (Å²) in [7, 11) is 1.60. The smallest absolute Gasteiger partial charge is 0.315 e. The third kappa shape index (κ3) is 4.87. The van der Waals surface area contributed by atoms with Crippen molar-refractivity contribution in [1.29, 1.82) is 0 Å². The van der Waals surface area contributed by atoms with Crippen LogP contribution in [0.5, 0.6) is 11.5 Å². The lowest BCUT2D eigenvalue weighted by Gasteiger charge is -2.17. The Kier molecular flexibility index (Phi) is 6.42. The Labute approximate surface area is 142 Å². The molecule has 6 nitrogen and oxygen atoms in total. The number of nitrogens with zero attached hydrogens (tertiary/aromatic N) is 1. The van der Waals surface area contributed by atoms with Gasteiger partial charge in [0, 0.05) is 18.9 Å². The first-order valence-electron chi connectivity index (χ1n) is 7.88. The van der Waals surface area contributed by atoms with E-state index in [2.05, 4.69) is 15.6 Å². The van der Waals surface area contributed by atoms with Gasteiger partial charge in [0.05, 0.1) is 13.2 Å². The maximum Gasteiger partial charge on any atom is 0.315 e. The average Bonchev–Trinajstić information content (AvgIpc) is 2.60. The zero-order chi connectivity index (χ0) is 17.4. The van der Waals surface area contributed by atoms with Crippen molar-refractivity contribution in [1.82, 2.24) is 15.6 Å². The maximum absolute atomic E-state index is 11.6. The monoisotopic (exact) mass is 329 g/mol. The van der Waals surface area contributed by atoms with Crippen molar-refractivity contribution in [3.8, 4) is 11.5 Å². The quantitative estimate of drug-likeness (QED) is 0.819. The van der Waals surface area contributed by atoms with Gasteiger partial charge >= 0.3 is 6.03 Å². The van der Waals surface area contributed by atoms with Crippen molar-refractivity contribution < 1.29 is 14.3 Å². The van der Waals surface area contributed by atoms with E-state index in [1.807, 2.05) is 44.2 Å². The van der Waals surface area contributed by atoms with Crippen molar-refractivity contribution >= 4 is 6.03 Å². The molecule has 1 heterocycles. The molecule has 1 aromatic heterocycles. The number of pyridine rings is 1. The molecule has 2 N–H and O–H groups in total. The summed E-state index contributed by atoms with van der Waals surface area (Å²) < 4.78 is 11.2. The van der Waals surface area contributed by atoms with Crippen LogP contribution < -0.4 is 20.1 Å². The molecule has 0 aliphatic rings. The second kappa shape index (κ2) is 8.76. The van der Waals surface area contributed by atoms with Gasteiger partial charge in [-0.15, -0.1) is 0 Å². The summed E-state index contributed by atoms with van der Waals surface area (Å²) in [6, 6.07) is 9.12. The Morgan fingerprint density at radius 2 is 1.96 bits per heavy atom. The second-order valence-electron chi connectivity index (χ2n) is 5.28. The van der Waals surface area contributed by atoms with Gasteiger partial charge in [0.1, 0.15) is 6.61 Å². The number of amides is 2. The number of aromatic nitrogens is 1. The second-order valence-corrected chi connectivity index (χ2v) is 5.28. The summed E-state index contributed by atoms with van der Waals surface area (Å²) in [4.78, 5) is 15.6. The van der Waals surface area contributed by atoms with Gasteiger partial charge in [-0.2, -0.15) is 0 Å². The number of carbonyl (C=O) groups is 1. The lowest BCUT2D eigenvalue weighted by atomic mass is 10.1. The van der Waals surface area contributed by atoms with E-state index in [1.165, 1.54) is 0 Å². The minimum absolute atomic E-state index is 0.139. The molecular formula is C18H23N3O3. The van der Waals surface area contributed by atoms with Crippen molar-refractivity contribution in [2.45, 2.75) is 26.5 Å². The van der Waals surface area contributed by atoms with E-state index in [0.717, 1.165) is 11.1 Å². The molecule has 2 rings (SSSR count). The Balaban J connectivity index is 2.05. The number of methoxy groups -OCH3 is 1. The topological polar surface area (TPSA) is 72.5 Å². The fourth-order valence-electron chi connectivity index (χ4n) is 2.20. The first kappa shape index (κ1) is 17.6. The highest BCUT2D eigenvalue weighted by Gasteiger charge is 2.12. The SMILES string of the molecule is CCNC(=O)NC(C)c1ccc(OCc2ccncc2)c(OC)c1. The van der Waals surface area contributed by atoms with Gasteiger partial charge in [-0.05, 0) is 49.2 Å². The Morgan fingerprint density at radius 3 is 2.62 bits per heavy atom. The van der Waals surface area contributed by atoms with Crippen molar-refractivity contribution in [3.05, 3.63) is 53.9 Å². The number of nitrogens with one attached hydrogen (secondary N) is 2. The summed E-state index contributed by atoms with van der Waals surface area (Å²) in [6.07, 6.45) is 3.46. The van der Waals surface area contributed by atoms with Crippen LogP contribution in [-0.2, 0) is 6.61 Å². The molecule has 1 aromatic carbocycles. The highest BCUT2D eigenvalue weighted by atomic mass is 16.5. The fourth-order valence-corrected chi connectivity index (χ4v) is 2.20. The van der Waals surface area contributed by atoms with Crippen LogP contribution in [0.4, 0.5) is 4.79 Å². The van der Waals surface area contributed by atoms with Gasteiger partial charge in [-0.1, -0.05) is 6.07 Å². The van der Waals surface area contributed by atoms with Gasteiger partial charge in [0.25, 0.3) is 0 Å². The number of benzene rings is 1. The Hall–Kier alpha value is -2.76. The fraction of sp³-hybridized carbons (Fsp3) is 0.333. The minimum atomic E-state index is -0.193. The predicted molar refractivity (Wildman–Crippen MR) is 92.2 cm³/mol. The highest BCUT2D eigenvalue weighted by molar-refractivity contribution is 5.74. The molecular weight excluding hydrogens is 306 g/mol. The summed E-state index contributed by atoms with van der Waals surface area (Å²) >= 11 is 0. The Morgan fingerprint density at radius 1 is 1.21 bits per heavy atom. The normalized spacial score (nSPS) is 11.5. The van der Waals surface area contributed by atoms with E-state index in [-0.39, 0.29) is 12.1 Å². The number of ether oxygens (including phenoxy) is 2. The van der Waals surface area contributed by atoms with E-state index in [4.69, 9.17) is 9.47 Å². The number of hydrogen-bond donors (Lipinski definition) is 2. The first-order chi connectivity index (χ1) is 11.6. The van der Waals surface area contributed by atoms with E-state index in [9.17, 15) is 4.79 Å². The zero-order valence-electron chi connectivity index (χ0n) is 14.2. The van der Waals surface area contributed by atoms with Gasteiger partial charge in [-0.25, -0.2) is 4.79 Å². The van der Waals surface area contributed by atoms with Crippen LogP contribution in [-0.4, -0.2) is 24.7 Å². The van der Waals surface area contributed by atoms with E-state index >= 15 is 0 Å².